The van der Waals surface area contributed by atoms with Gasteiger partial charge in [0.1, 0.15) is 10.6 Å². The lowest BCUT2D eigenvalue weighted by Crippen LogP contribution is -2.33. The molecule has 3 atom stereocenters. The van der Waals surface area contributed by atoms with Crippen LogP contribution in [0.4, 0.5) is 11.8 Å². The SMILES string of the molecule is CCNc1nc(NC2CCC(C)CC2C)c2ccsc2n1. The van der Waals surface area contributed by atoms with Crippen molar-refractivity contribution in [3.8, 4) is 0 Å². The molecule has 21 heavy (non-hydrogen) atoms. The fraction of sp³-hybridized carbons (Fsp3) is 0.625. The molecule has 2 N–H and O–H groups in total. The van der Waals surface area contributed by atoms with Crippen LogP contribution >= 0.6 is 11.3 Å². The average Bonchev–Trinajstić information content (AvgIpc) is 2.91. The Hall–Kier alpha value is -1.36. The van der Waals surface area contributed by atoms with E-state index in [0.29, 0.717) is 12.0 Å². The van der Waals surface area contributed by atoms with Gasteiger partial charge in [-0.15, -0.1) is 11.3 Å². The minimum Gasteiger partial charge on any atom is -0.366 e. The van der Waals surface area contributed by atoms with Crippen molar-refractivity contribution in [2.45, 2.75) is 46.1 Å². The standard InChI is InChI=1S/C16H24N4S/c1-4-17-16-19-14(12-7-8-21-15(12)20-16)18-13-6-5-10(2)9-11(13)3/h7-8,10-11,13H,4-6,9H2,1-3H3,(H2,17,18,19,20). The molecule has 1 fully saturated rings. The molecule has 0 radical (unpaired) electrons. The van der Waals surface area contributed by atoms with E-state index in [2.05, 4.69) is 52.8 Å². The first-order valence-electron chi connectivity index (χ1n) is 7.93. The molecule has 0 aliphatic heterocycles. The number of nitrogens with zero attached hydrogens (tertiary/aromatic N) is 2. The highest BCUT2D eigenvalue weighted by molar-refractivity contribution is 7.16. The second kappa shape index (κ2) is 6.18. The van der Waals surface area contributed by atoms with Crippen molar-refractivity contribution in [1.82, 2.24) is 9.97 Å². The summed E-state index contributed by atoms with van der Waals surface area (Å²) < 4.78 is 0. The number of aromatic nitrogens is 2. The van der Waals surface area contributed by atoms with Gasteiger partial charge in [-0.2, -0.15) is 4.98 Å². The average molecular weight is 304 g/mol. The molecule has 2 aromatic heterocycles. The third-order valence-electron chi connectivity index (χ3n) is 4.41. The number of rotatable bonds is 4. The molecule has 2 heterocycles. The van der Waals surface area contributed by atoms with E-state index in [0.717, 1.165) is 34.4 Å². The van der Waals surface area contributed by atoms with Crippen LogP contribution in [0.2, 0.25) is 0 Å². The van der Waals surface area contributed by atoms with Crippen LogP contribution in [0.3, 0.4) is 0 Å². The molecule has 0 amide bonds. The molecule has 0 bridgehead atoms. The van der Waals surface area contributed by atoms with Crippen molar-refractivity contribution in [2.75, 3.05) is 17.2 Å². The van der Waals surface area contributed by atoms with Gasteiger partial charge in [0.2, 0.25) is 5.95 Å². The van der Waals surface area contributed by atoms with E-state index in [1.165, 1.54) is 19.3 Å². The van der Waals surface area contributed by atoms with Gasteiger partial charge in [0.25, 0.3) is 0 Å². The minimum atomic E-state index is 0.522. The molecule has 2 aromatic rings. The van der Waals surface area contributed by atoms with Gasteiger partial charge in [-0.1, -0.05) is 13.8 Å². The van der Waals surface area contributed by atoms with Crippen molar-refractivity contribution in [1.29, 1.82) is 0 Å². The van der Waals surface area contributed by atoms with E-state index in [1.54, 1.807) is 11.3 Å². The Balaban J connectivity index is 1.86. The Kier molecular flexibility index (Phi) is 4.29. The smallest absolute Gasteiger partial charge is 0.226 e. The zero-order valence-electron chi connectivity index (χ0n) is 13.0. The maximum Gasteiger partial charge on any atom is 0.226 e. The van der Waals surface area contributed by atoms with Gasteiger partial charge in [0.15, 0.2) is 0 Å². The van der Waals surface area contributed by atoms with Gasteiger partial charge >= 0.3 is 0 Å². The van der Waals surface area contributed by atoms with Crippen molar-refractivity contribution in [2.24, 2.45) is 11.8 Å². The van der Waals surface area contributed by atoms with Crippen LogP contribution < -0.4 is 10.6 Å². The summed E-state index contributed by atoms with van der Waals surface area (Å²) in [6.07, 6.45) is 3.84. The highest BCUT2D eigenvalue weighted by Gasteiger charge is 2.26. The summed E-state index contributed by atoms with van der Waals surface area (Å²) in [5.41, 5.74) is 0. The number of nitrogens with one attached hydrogen (secondary N) is 2. The normalized spacial score (nSPS) is 26.0. The predicted octanol–water partition coefficient (Wildman–Crippen LogP) is 4.36. The molecule has 114 valence electrons. The molecule has 3 unspecified atom stereocenters. The summed E-state index contributed by atoms with van der Waals surface area (Å²) >= 11 is 1.67. The zero-order chi connectivity index (χ0) is 14.8. The number of anilines is 2. The van der Waals surface area contributed by atoms with Crippen LogP contribution in [0.1, 0.15) is 40.0 Å². The first-order valence-corrected chi connectivity index (χ1v) is 8.81. The third-order valence-corrected chi connectivity index (χ3v) is 5.22. The van der Waals surface area contributed by atoms with Crippen molar-refractivity contribution >= 4 is 33.3 Å². The highest BCUT2D eigenvalue weighted by atomic mass is 32.1. The van der Waals surface area contributed by atoms with E-state index >= 15 is 0 Å². The van der Waals surface area contributed by atoms with E-state index < -0.39 is 0 Å². The molecule has 1 aliphatic carbocycles. The molecular formula is C16H24N4S. The summed E-state index contributed by atoms with van der Waals surface area (Å²) in [5, 5.41) is 10.2. The first kappa shape index (κ1) is 14.6. The topological polar surface area (TPSA) is 49.8 Å². The number of fused-ring (bicyclic) bond motifs is 1. The van der Waals surface area contributed by atoms with Crippen molar-refractivity contribution < 1.29 is 0 Å². The number of thiophene rings is 1. The van der Waals surface area contributed by atoms with Gasteiger partial charge in [-0.05, 0) is 49.5 Å². The highest BCUT2D eigenvalue weighted by Crippen LogP contribution is 2.33. The maximum atomic E-state index is 4.68. The van der Waals surface area contributed by atoms with Crippen LogP contribution in [0.5, 0.6) is 0 Å². The molecule has 1 saturated carbocycles. The van der Waals surface area contributed by atoms with E-state index in [9.17, 15) is 0 Å². The predicted molar refractivity (Wildman–Crippen MR) is 91.2 cm³/mol. The lowest BCUT2D eigenvalue weighted by atomic mass is 9.80. The molecule has 0 saturated heterocycles. The molecule has 4 nitrogen and oxygen atoms in total. The first-order chi connectivity index (χ1) is 10.2. The van der Waals surface area contributed by atoms with Crippen LogP contribution in [0, 0.1) is 11.8 Å². The fourth-order valence-corrected chi connectivity index (χ4v) is 4.02. The maximum absolute atomic E-state index is 4.68. The second-order valence-electron chi connectivity index (χ2n) is 6.21. The van der Waals surface area contributed by atoms with Gasteiger partial charge in [0, 0.05) is 12.6 Å². The zero-order valence-corrected chi connectivity index (χ0v) is 13.8. The largest absolute Gasteiger partial charge is 0.366 e. The second-order valence-corrected chi connectivity index (χ2v) is 7.11. The van der Waals surface area contributed by atoms with Gasteiger partial charge in [0.05, 0.1) is 5.39 Å². The van der Waals surface area contributed by atoms with Gasteiger partial charge in [-0.25, -0.2) is 4.98 Å². The minimum absolute atomic E-state index is 0.522. The summed E-state index contributed by atoms with van der Waals surface area (Å²) in [4.78, 5) is 10.3. The fourth-order valence-electron chi connectivity index (χ4n) is 3.26. The van der Waals surface area contributed by atoms with E-state index in [-0.39, 0.29) is 0 Å². The van der Waals surface area contributed by atoms with Crippen molar-refractivity contribution in [3.05, 3.63) is 11.4 Å². The number of hydrogen-bond donors (Lipinski definition) is 2. The molecule has 0 aromatic carbocycles. The Morgan fingerprint density at radius 3 is 2.90 bits per heavy atom. The summed E-state index contributed by atoms with van der Waals surface area (Å²) in [6, 6.07) is 2.64. The Labute approximate surface area is 130 Å². The molecule has 1 aliphatic rings. The van der Waals surface area contributed by atoms with E-state index in [4.69, 9.17) is 0 Å². The van der Waals surface area contributed by atoms with Gasteiger partial charge < -0.3 is 10.6 Å². The van der Waals surface area contributed by atoms with Crippen LogP contribution in [-0.2, 0) is 0 Å². The molecular weight excluding hydrogens is 280 g/mol. The molecule has 0 spiro atoms. The molecule has 5 heteroatoms. The van der Waals surface area contributed by atoms with E-state index in [1.807, 2.05) is 0 Å². The summed E-state index contributed by atoms with van der Waals surface area (Å²) in [6.45, 7) is 7.62. The third kappa shape index (κ3) is 3.12. The lowest BCUT2D eigenvalue weighted by Gasteiger charge is -2.33. The summed E-state index contributed by atoms with van der Waals surface area (Å²) in [7, 11) is 0. The Bertz CT molecular complexity index is 609. The van der Waals surface area contributed by atoms with Crippen molar-refractivity contribution in [3.63, 3.8) is 0 Å². The van der Waals surface area contributed by atoms with Crippen LogP contribution in [0.15, 0.2) is 11.4 Å². The Morgan fingerprint density at radius 1 is 1.29 bits per heavy atom. The van der Waals surface area contributed by atoms with Crippen LogP contribution in [0.25, 0.3) is 10.2 Å². The monoisotopic (exact) mass is 304 g/mol. The Morgan fingerprint density at radius 2 is 2.14 bits per heavy atom. The lowest BCUT2D eigenvalue weighted by molar-refractivity contribution is 0.276. The summed E-state index contributed by atoms with van der Waals surface area (Å²) in [5.74, 6) is 3.26. The van der Waals surface area contributed by atoms with Crippen LogP contribution in [-0.4, -0.2) is 22.6 Å². The number of hydrogen-bond acceptors (Lipinski definition) is 5. The van der Waals surface area contributed by atoms with Gasteiger partial charge in [-0.3, -0.25) is 0 Å². The molecule has 3 rings (SSSR count). The quantitative estimate of drug-likeness (QED) is 0.881.